The van der Waals surface area contributed by atoms with Gasteiger partial charge in [-0.1, -0.05) is 23.2 Å². The summed E-state index contributed by atoms with van der Waals surface area (Å²) in [7, 11) is 0. The highest BCUT2D eigenvalue weighted by atomic mass is 35.5. The van der Waals surface area contributed by atoms with Crippen molar-refractivity contribution >= 4 is 45.9 Å². The Kier molecular flexibility index (Phi) is 5.12. The predicted molar refractivity (Wildman–Crippen MR) is 101 cm³/mol. The van der Waals surface area contributed by atoms with E-state index >= 15 is 0 Å². The van der Waals surface area contributed by atoms with E-state index in [0.29, 0.717) is 10.6 Å². The normalized spacial score (nSPS) is 11.2. The Labute approximate surface area is 153 Å². The molecule has 23 heavy (non-hydrogen) atoms. The molecule has 0 saturated carbocycles. The minimum Gasteiger partial charge on any atom is -0.207 e. The molecule has 120 valence electrons. The number of rotatable bonds is 4. The van der Waals surface area contributed by atoms with E-state index in [-0.39, 0.29) is 5.82 Å². The third-order valence-corrected chi connectivity index (χ3v) is 6.89. The molecule has 5 heteroatoms. The van der Waals surface area contributed by atoms with Gasteiger partial charge in [0.1, 0.15) is 5.82 Å². The molecule has 3 rings (SSSR count). The molecule has 0 radical (unpaired) electrons. The zero-order chi connectivity index (χ0) is 16.6. The van der Waals surface area contributed by atoms with E-state index in [1.165, 1.54) is 11.1 Å². The molecule has 0 fully saturated rings. The van der Waals surface area contributed by atoms with Crippen LogP contribution in [0.15, 0.2) is 29.0 Å². The Morgan fingerprint density at radius 1 is 1.00 bits per heavy atom. The van der Waals surface area contributed by atoms with Crippen LogP contribution in [0, 0.1) is 19.7 Å². The van der Waals surface area contributed by atoms with Crippen molar-refractivity contribution in [1.82, 2.24) is 0 Å². The average Bonchev–Trinajstić information content (AvgIpc) is 3.11. The number of hydrogen-bond acceptors (Lipinski definition) is 2. The maximum absolute atomic E-state index is 13.9. The quantitative estimate of drug-likeness (QED) is 0.441. The van der Waals surface area contributed by atoms with Gasteiger partial charge in [-0.2, -0.15) is 0 Å². The Hall–Kier alpha value is -0.870. The minimum atomic E-state index is -0.261. The lowest BCUT2D eigenvalue weighted by atomic mass is 10.1. The van der Waals surface area contributed by atoms with Gasteiger partial charge in [0.25, 0.3) is 0 Å². The first-order valence-corrected chi connectivity index (χ1v) is 9.73. The van der Waals surface area contributed by atoms with Crippen molar-refractivity contribution in [3.05, 3.63) is 66.4 Å². The summed E-state index contributed by atoms with van der Waals surface area (Å²) in [5.41, 5.74) is 3.77. The SMILES string of the molecule is Cc1scc(CCc2csc(-c3cc(F)c(C)c(Cl)c3)c2)c1Cl. The lowest BCUT2D eigenvalue weighted by molar-refractivity contribution is 0.619. The second-order valence-corrected chi connectivity index (χ2v) is 8.30. The Morgan fingerprint density at radius 3 is 2.43 bits per heavy atom. The van der Waals surface area contributed by atoms with Gasteiger partial charge in [-0.05, 0) is 72.3 Å². The van der Waals surface area contributed by atoms with Gasteiger partial charge >= 0.3 is 0 Å². The number of benzene rings is 1. The molecule has 0 aliphatic heterocycles. The van der Waals surface area contributed by atoms with Gasteiger partial charge in [0, 0.05) is 20.3 Å². The van der Waals surface area contributed by atoms with Gasteiger partial charge in [-0.15, -0.1) is 22.7 Å². The van der Waals surface area contributed by atoms with Crippen molar-refractivity contribution in [2.45, 2.75) is 26.7 Å². The van der Waals surface area contributed by atoms with Crippen LogP contribution in [0.25, 0.3) is 10.4 Å². The minimum absolute atomic E-state index is 0.261. The van der Waals surface area contributed by atoms with Crippen molar-refractivity contribution in [3.8, 4) is 10.4 Å². The largest absolute Gasteiger partial charge is 0.207 e. The summed E-state index contributed by atoms with van der Waals surface area (Å²) < 4.78 is 13.9. The Bertz CT molecular complexity index is 826. The van der Waals surface area contributed by atoms with E-state index < -0.39 is 0 Å². The zero-order valence-corrected chi connectivity index (χ0v) is 15.9. The molecular formula is C18H15Cl2FS2. The number of aryl methyl sites for hydroxylation is 3. The third kappa shape index (κ3) is 3.63. The Balaban J connectivity index is 1.77. The highest BCUT2D eigenvalue weighted by molar-refractivity contribution is 7.13. The van der Waals surface area contributed by atoms with Crippen molar-refractivity contribution in [1.29, 1.82) is 0 Å². The van der Waals surface area contributed by atoms with Crippen LogP contribution in [0.1, 0.15) is 21.6 Å². The molecule has 0 amide bonds. The highest BCUT2D eigenvalue weighted by Gasteiger charge is 2.10. The lowest BCUT2D eigenvalue weighted by Crippen LogP contribution is -1.88. The monoisotopic (exact) mass is 384 g/mol. The summed E-state index contributed by atoms with van der Waals surface area (Å²) >= 11 is 15.7. The highest BCUT2D eigenvalue weighted by Crippen LogP contribution is 2.33. The molecule has 0 N–H and O–H groups in total. The summed E-state index contributed by atoms with van der Waals surface area (Å²) in [6, 6.07) is 5.49. The number of thiophene rings is 2. The first-order valence-electron chi connectivity index (χ1n) is 7.21. The molecule has 0 atom stereocenters. The van der Waals surface area contributed by atoms with E-state index in [2.05, 4.69) is 16.8 Å². The van der Waals surface area contributed by atoms with Gasteiger partial charge in [0.15, 0.2) is 0 Å². The van der Waals surface area contributed by atoms with Crippen LogP contribution < -0.4 is 0 Å². The van der Waals surface area contributed by atoms with Gasteiger partial charge in [0.05, 0.1) is 5.02 Å². The Morgan fingerprint density at radius 2 is 1.78 bits per heavy atom. The standard InChI is InChI=1S/C18H15Cl2FS2/c1-10-15(19)6-14(7-16(10)21)17-5-12(8-23-17)3-4-13-9-22-11(2)18(13)20/h5-9H,3-4H2,1-2H3. The molecule has 0 bridgehead atoms. The maximum Gasteiger partial charge on any atom is 0.128 e. The van der Waals surface area contributed by atoms with Crippen LogP contribution in [0.5, 0.6) is 0 Å². The van der Waals surface area contributed by atoms with Gasteiger partial charge < -0.3 is 0 Å². The van der Waals surface area contributed by atoms with Crippen molar-refractivity contribution in [2.75, 3.05) is 0 Å². The van der Waals surface area contributed by atoms with Crippen LogP contribution in [-0.4, -0.2) is 0 Å². The third-order valence-electron chi connectivity index (χ3n) is 3.87. The van der Waals surface area contributed by atoms with E-state index in [9.17, 15) is 4.39 Å². The summed E-state index contributed by atoms with van der Waals surface area (Å²) in [4.78, 5) is 2.20. The van der Waals surface area contributed by atoms with Crippen LogP contribution >= 0.6 is 45.9 Å². The van der Waals surface area contributed by atoms with Gasteiger partial charge in [-0.25, -0.2) is 4.39 Å². The fraction of sp³-hybridized carbons (Fsp3) is 0.222. The number of halogens is 3. The van der Waals surface area contributed by atoms with Crippen molar-refractivity contribution in [3.63, 3.8) is 0 Å². The second kappa shape index (κ2) is 6.94. The molecule has 0 spiro atoms. The van der Waals surface area contributed by atoms with Crippen molar-refractivity contribution < 1.29 is 4.39 Å². The number of hydrogen-bond donors (Lipinski definition) is 0. The molecular weight excluding hydrogens is 370 g/mol. The molecule has 2 aromatic heterocycles. The molecule has 0 saturated heterocycles. The van der Waals surface area contributed by atoms with E-state index in [4.69, 9.17) is 23.2 Å². The van der Waals surface area contributed by atoms with Crippen LogP contribution in [-0.2, 0) is 12.8 Å². The molecule has 0 unspecified atom stereocenters. The summed E-state index contributed by atoms with van der Waals surface area (Å²) in [5, 5.41) is 5.60. The summed E-state index contributed by atoms with van der Waals surface area (Å²) in [6.45, 7) is 3.72. The van der Waals surface area contributed by atoms with Crippen LogP contribution in [0.4, 0.5) is 4.39 Å². The van der Waals surface area contributed by atoms with Gasteiger partial charge in [-0.3, -0.25) is 0 Å². The summed E-state index contributed by atoms with van der Waals surface area (Å²) in [5.74, 6) is -0.261. The molecule has 0 nitrogen and oxygen atoms in total. The predicted octanol–water partition coefficient (Wildman–Crippen LogP) is 7.32. The van der Waals surface area contributed by atoms with Crippen LogP contribution in [0.2, 0.25) is 10.0 Å². The fourth-order valence-corrected chi connectivity index (χ4v) is 4.66. The molecule has 1 aromatic carbocycles. The van der Waals surface area contributed by atoms with E-state index in [1.807, 2.05) is 13.0 Å². The first kappa shape index (κ1) is 17.0. The van der Waals surface area contributed by atoms with E-state index in [1.54, 1.807) is 35.7 Å². The second-order valence-electron chi connectivity index (χ2n) is 5.52. The molecule has 0 aliphatic carbocycles. The smallest absolute Gasteiger partial charge is 0.128 e. The fourth-order valence-electron chi connectivity index (χ4n) is 2.38. The topological polar surface area (TPSA) is 0 Å². The molecule has 0 aliphatic rings. The zero-order valence-electron chi connectivity index (χ0n) is 12.8. The van der Waals surface area contributed by atoms with Crippen molar-refractivity contribution in [2.24, 2.45) is 0 Å². The lowest BCUT2D eigenvalue weighted by Gasteiger charge is -2.03. The van der Waals surface area contributed by atoms with Gasteiger partial charge in [0.2, 0.25) is 0 Å². The maximum atomic E-state index is 13.9. The first-order chi connectivity index (χ1) is 11.0. The van der Waals surface area contributed by atoms with Crippen LogP contribution in [0.3, 0.4) is 0 Å². The molecule has 2 heterocycles. The summed E-state index contributed by atoms with van der Waals surface area (Å²) in [6.07, 6.45) is 1.84. The average molecular weight is 385 g/mol. The van der Waals surface area contributed by atoms with E-state index in [0.717, 1.165) is 33.2 Å². The molecule has 3 aromatic rings.